The lowest BCUT2D eigenvalue weighted by atomic mass is 10.1. The van der Waals surface area contributed by atoms with E-state index in [9.17, 15) is 14.9 Å². The Bertz CT molecular complexity index is 688. The molecule has 0 saturated heterocycles. The maximum Gasteiger partial charge on any atom is 0.293 e. The highest BCUT2D eigenvalue weighted by Gasteiger charge is 2.17. The summed E-state index contributed by atoms with van der Waals surface area (Å²) in [7, 11) is 0. The van der Waals surface area contributed by atoms with Crippen LogP contribution in [-0.2, 0) is 0 Å². The molecule has 108 valence electrons. The SMILES string of the molecule is CC(Nc1ccc(C=O)cc1[N+](=O)[O-])c1ccccc1Cl. The normalized spacial score (nSPS) is 11.7. The van der Waals surface area contributed by atoms with Crippen LogP contribution in [0.15, 0.2) is 42.5 Å². The Balaban J connectivity index is 2.33. The molecule has 5 nitrogen and oxygen atoms in total. The van der Waals surface area contributed by atoms with E-state index in [0.29, 0.717) is 17.0 Å². The third-order valence-electron chi connectivity index (χ3n) is 3.10. The lowest BCUT2D eigenvalue weighted by molar-refractivity contribution is -0.384. The number of nitrogens with one attached hydrogen (secondary N) is 1. The number of carbonyl (C=O) groups is 1. The number of hydrogen-bond donors (Lipinski definition) is 1. The number of aldehydes is 1. The van der Waals surface area contributed by atoms with Gasteiger partial charge in [0.1, 0.15) is 12.0 Å². The molecule has 0 radical (unpaired) electrons. The molecule has 2 aromatic rings. The number of nitrogens with zero attached hydrogens (tertiary/aromatic N) is 1. The monoisotopic (exact) mass is 304 g/mol. The molecular weight excluding hydrogens is 292 g/mol. The summed E-state index contributed by atoms with van der Waals surface area (Å²) in [5, 5.41) is 14.7. The van der Waals surface area contributed by atoms with Crippen molar-refractivity contribution in [3.8, 4) is 0 Å². The van der Waals surface area contributed by atoms with E-state index in [-0.39, 0.29) is 17.3 Å². The molecule has 0 amide bonds. The van der Waals surface area contributed by atoms with Crippen molar-refractivity contribution in [1.29, 1.82) is 0 Å². The molecule has 1 N–H and O–H groups in total. The number of hydrogen-bond acceptors (Lipinski definition) is 4. The summed E-state index contributed by atoms with van der Waals surface area (Å²) < 4.78 is 0. The summed E-state index contributed by atoms with van der Waals surface area (Å²) >= 11 is 6.12. The van der Waals surface area contributed by atoms with Gasteiger partial charge in [-0.15, -0.1) is 0 Å². The van der Waals surface area contributed by atoms with Crippen LogP contribution >= 0.6 is 11.6 Å². The average Bonchev–Trinajstić information content (AvgIpc) is 2.47. The first-order chi connectivity index (χ1) is 10.0. The second-order valence-corrected chi connectivity index (χ2v) is 4.95. The third-order valence-corrected chi connectivity index (χ3v) is 3.44. The fraction of sp³-hybridized carbons (Fsp3) is 0.133. The first-order valence-electron chi connectivity index (χ1n) is 6.27. The zero-order valence-corrected chi connectivity index (χ0v) is 12.0. The number of rotatable bonds is 5. The van der Waals surface area contributed by atoms with Crippen LogP contribution in [-0.4, -0.2) is 11.2 Å². The van der Waals surface area contributed by atoms with Crippen molar-refractivity contribution in [2.24, 2.45) is 0 Å². The Hall–Kier alpha value is -2.40. The van der Waals surface area contributed by atoms with Crippen LogP contribution in [0.2, 0.25) is 5.02 Å². The van der Waals surface area contributed by atoms with Gasteiger partial charge in [-0.1, -0.05) is 29.8 Å². The van der Waals surface area contributed by atoms with E-state index in [1.807, 2.05) is 25.1 Å². The van der Waals surface area contributed by atoms with E-state index in [1.165, 1.54) is 18.2 Å². The predicted molar refractivity (Wildman–Crippen MR) is 82.0 cm³/mol. The van der Waals surface area contributed by atoms with E-state index in [1.54, 1.807) is 6.07 Å². The number of carbonyl (C=O) groups excluding carboxylic acids is 1. The van der Waals surface area contributed by atoms with Crippen LogP contribution in [0.5, 0.6) is 0 Å². The average molecular weight is 305 g/mol. The molecule has 0 bridgehead atoms. The zero-order chi connectivity index (χ0) is 15.4. The van der Waals surface area contributed by atoms with Crippen molar-refractivity contribution in [2.75, 3.05) is 5.32 Å². The van der Waals surface area contributed by atoms with Gasteiger partial charge in [-0.05, 0) is 30.7 Å². The molecule has 0 aliphatic heterocycles. The molecule has 0 heterocycles. The van der Waals surface area contributed by atoms with Gasteiger partial charge in [-0.25, -0.2) is 0 Å². The Morgan fingerprint density at radius 1 is 1.29 bits per heavy atom. The van der Waals surface area contributed by atoms with Gasteiger partial charge in [0, 0.05) is 16.7 Å². The summed E-state index contributed by atoms with van der Waals surface area (Å²) in [6, 6.07) is 11.4. The first-order valence-corrected chi connectivity index (χ1v) is 6.65. The minimum Gasteiger partial charge on any atom is -0.373 e. The van der Waals surface area contributed by atoms with E-state index >= 15 is 0 Å². The lowest BCUT2D eigenvalue weighted by Crippen LogP contribution is -2.09. The molecule has 1 unspecified atom stereocenters. The van der Waals surface area contributed by atoms with Gasteiger partial charge in [0.05, 0.1) is 11.0 Å². The highest BCUT2D eigenvalue weighted by molar-refractivity contribution is 6.31. The van der Waals surface area contributed by atoms with Crippen LogP contribution in [0.25, 0.3) is 0 Å². The molecule has 21 heavy (non-hydrogen) atoms. The van der Waals surface area contributed by atoms with E-state index in [2.05, 4.69) is 5.32 Å². The van der Waals surface area contributed by atoms with Gasteiger partial charge < -0.3 is 5.32 Å². The highest BCUT2D eigenvalue weighted by atomic mass is 35.5. The molecule has 0 fully saturated rings. The standard InChI is InChI=1S/C15H13ClN2O3/c1-10(12-4-2-3-5-13(12)16)17-14-7-6-11(9-19)8-15(14)18(20)21/h2-10,17H,1H3. The molecule has 1 atom stereocenters. The van der Waals surface area contributed by atoms with Gasteiger partial charge in [-0.3, -0.25) is 14.9 Å². The van der Waals surface area contributed by atoms with E-state index in [0.717, 1.165) is 5.56 Å². The number of nitro groups is 1. The van der Waals surface area contributed by atoms with Crippen LogP contribution < -0.4 is 5.32 Å². The van der Waals surface area contributed by atoms with Crippen LogP contribution in [0, 0.1) is 10.1 Å². The quantitative estimate of drug-likeness (QED) is 0.509. The molecule has 0 spiro atoms. The van der Waals surface area contributed by atoms with Gasteiger partial charge >= 0.3 is 0 Å². The maximum atomic E-state index is 11.1. The molecule has 0 aliphatic rings. The fourth-order valence-corrected chi connectivity index (χ4v) is 2.33. The van der Waals surface area contributed by atoms with E-state index in [4.69, 9.17) is 11.6 Å². The van der Waals surface area contributed by atoms with Gasteiger partial charge in [0.25, 0.3) is 5.69 Å². The number of halogens is 1. The van der Waals surface area contributed by atoms with Crippen molar-refractivity contribution in [3.63, 3.8) is 0 Å². The Morgan fingerprint density at radius 2 is 2.00 bits per heavy atom. The second-order valence-electron chi connectivity index (χ2n) is 4.54. The molecule has 6 heteroatoms. The predicted octanol–water partition coefficient (Wildman–Crippen LogP) is 4.23. The second kappa shape index (κ2) is 6.37. The molecular formula is C15H13ClN2O3. The van der Waals surface area contributed by atoms with Crippen molar-refractivity contribution < 1.29 is 9.72 Å². The summed E-state index contributed by atoms with van der Waals surface area (Å²) in [5.74, 6) is 0. The molecule has 2 rings (SSSR count). The van der Waals surface area contributed by atoms with Gasteiger partial charge in [-0.2, -0.15) is 0 Å². The summed E-state index contributed by atoms with van der Waals surface area (Å²) in [4.78, 5) is 21.3. The summed E-state index contributed by atoms with van der Waals surface area (Å²) in [5.41, 5.74) is 1.31. The van der Waals surface area contributed by atoms with Crippen molar-refractivity contribution in [3.05, 3.63) is 68.7 Å². The third kappa shape index (κ3) is 3.38. The first kappa shape index (κ1) is 15.0. The van der Waals surface area contributed by atoms with Crippen LogP contribution in [0.4, 0.5) is 11.4 Å². The van der Waals surface area contributed by atoms with Crippen LogP contribution in [0.1, 0.15) is 28.9 Å². The van der Waals surface area contributed by atoms with Crippen molar-refractivity contribution >= 4 is 29.3 Å². The number of nitro benzene ring substituents is 1. The summed E-state index contributed by atoms with van der Waals surface area (Å²) in [6.45, 7) is 1.86. The van der Waals surface area contributed by atoms with Gasteiger partial charge in [0.15, 0.2) is 0 Å². The lowest BCUT2D eigenvalue weighted by Gasteiger charge is -2.17. The minimum absolute atomic E-state index is 0.140. The molecule has 0 aliphatic carbocycles. The number of benzene rings is 2. The van der Waals surface area contributed by atoms with E-state index < -0.39 is 4.92 Å². The minimum atomic E-state index is -0.519. The topological polar surface area (TPSA) is 72.2 Å². The fourth-order valence-electron chi connectivity index (χ4n) is 2.03. The summed E-state index contributed by atoms with van der Waals surface area (Å²) in [6.07, 6.45) is 0.578. The Morgan fingerprint density at radius 3 is 2.62 bits per heavy atom. The largest absolute Gasteiger partial charge is 0.373 e. The van der Waals surface area contributed by atoms with Crippen LogP contribution in [0.3, 0.4) is 0 Å². The Kier molecular flexibility index (Phi) is 4.55. The number of anilines is 1. The van der Waals surface area contributed by atoms with Crippen molar-refractivity contribution in [2.45, 2.75) is 13.0 Å². The molecule has 0 saturated carbocycles. The van der Waals surface area contributed by atoms with Gasteiger partial charge in [0.2, 0.25) is 0 Å². The molecule has 0 aromatic heterocycles. The Labute approximate surface area is 126 Å². The molecule has 2 aromatic carbocycles. The van der Waals surface area contributed by atoms with Crippen molar-refractivity contribution in [1.82, 2.24) is 0 Å². The maximum absolute atomic E-state index is 11.1. The highest BCUT2D eigenvalue weighted by Crippen LogP contribution is 2.31. The zero-order valence-electron chi connectivity index (χ0n) is 11.2. The smallest absolute Gasteiger partial charge is 0.293 e.